The molecule has 0 bridgehead atoms. The second kappa shape index (κ2) is 7.29. The zero-order valence-electron chi connectivity index (χ0n) is 12.2. The summed E-state index contributed by atoms with van der Waals surface area (Å²) in [6.45, 7) is 3.66. The molecule has 0 saturated carbocycles. The van der Waals surface area contributed by atoms with Gasteiger partial charge in [0.25, 0.3) is 0 Å². The van der Waals surface area contributed by atoms with Crippen molar-refractivity contribution in [2.45, 2.75) is 20.0 Å². The van der Waals surface area contributed by atoms with Gasteiger partial charge >= 0.3 is 5.97 Å². The van der Waals surface area contributed by atoms with Gasteiger partial charge in [-0.05, 0) is 31.5 Å². The highest BCUT2D eigenvalue weighted by atomic mass is 16.5. The summed E-state index contributed by atoms with van der Waals surface area (Å²) in [5.74, 6) is -0.354. The Morgan fingerprint density at radius 2 is 1.57 bits per heavy atom. The van der Waals surface area contributed by atoms with Crippen LogP contribution in [0.15, 0.2) is 66.7 Å². The Morgan fingerprint density at radius 1 is 1.00 bits per heavy atom. The van der Waals surface area contributed by atoms with Crippen LogP contribution in [0, 0.1) is 0 Å². The van der Waals surface area contributed by atoms with Gasteiger partial charge in [-0.1, -0.05) is 48.5 Å². The summed E-state index contributed by atoms with van der Waals surface area (Å²) in [7, 11) is 0. The molecule has 3 nitrogen and oxygen atoms in total. The molecule has 0 aliphatic carbocycles. The van der Waals surface area contributed by atoms with E-state index in [-0.39, 0.29) is 12.1 Å². The first-order valence-electron chi connectivity index (χ1n) is 6.95. The molecule has 0 heterocycles. The molecule has 0 aliphatic heterocycles. The standard InChI is InChI=1S/C18H19NO2/c1-14(2)21-18(20)13-17(15-9-5-3-6-10-15)19-16-11-7-4-8-12-16/h3-14,19H,1-2H3/b17-13-. The second-order valence-electron chi connectivity index (χ2n) is 4.90. The summed E-state index contributed by atoms with van der Waals surface area (Å²) >= 11 is 0. The number of hydrogen-bond donors (Lipinski definition) is 1. The molecule has 1 N–H and O–H groups in total. The highest BCUT2D eigenvalue weighted by Crippen LogP contribution is 2.18. The lowest BCUT2D eigenvalue weighted by atomic mass is 10.1. The fourth-order valence-electron chi connectivity index (χ4n) is 1.87. The van der Waals surface area contributed by atoms with Crippen molar-refractivity contribution in [2.24, 2.45) is 0 Å². The molecule has 0 radical (unpaired) electrons. The van der Waals surface area contributed by atoms with Crippen LogP contribution in [0.3, 0.4) is 0 Å². The summed E-state index contributed by atoms with van der Waals surface area (Å²) in [4.78, 5) is 11.9. The maximum Gasteiger partial charge on any atom is 0.333 e. The van der Waals surface area contributed by atoms with Gasteiger partial charge in [-0.3, -0.25) is 0 Å². The van der Waals surface area contributed by atoms with Gasteiger partial charge in [0.05, 0.1) is 11.8 Å². The van der Waals surface area contributed by atoms with Crippen molar-refractivity contribution < 1.29 is 9.53 Å². The highest BCUT2D eigenvalue weighted by Gasteiger charge is 2.07. The van der Waals surface area contributed by atoms with Crippen molar-refractivity contribution in [3.8, 4) is 0 Å². The molecule has 0 amide bonds. The van der Waals surface area contributed by atoms with Crippen LogP contribution in [0.25, 0.3) is 5.70 Å². The van der Waals surface area contributed by atoms with E-state index in [4.69, 9.17) is 4.74 Å². The first kappa shape index (κ1) is 14.9. The van der Waals surface area contributed by atoms with Crippen molar-refractivity contribution in [1.29, 1.82) is 0 Å². The molecule has 2 aromatic rings. The zero-order valence-corrected chi connectivity index (χ0v) is 12.2. The van der Waals surface area contributed by atoms with E-state index in [9.17, 15) is 4.79 Å². The van der Waals surface area contributed by atoms with Gasteiger partial charge in [0, 0.05) is 11.8 Å². The average Bonchev–Trinajstić information content (AvgIpc) is 2.48. The van der Waals surface area contributed by atoms with Crippen LogP contribution < -0.4 is 5.32 Å². The van der Waals surface area contributed by atoms with Gasteiger partial charge in [-0.25, -0.2) is 4.79 Å². The van der Waals surface area contributed by atoms with Crippen LogP contribution in [-0.2, 0) is 9.53 Å². The number of esters is 1. The van der Waals surface area contributed by atoms with E-state index >= 15 is 0 Å². The van der Waals surface area contributed by atoms with E-state index in [1.54, 1.807) is 0 Å². The lowest BCUT2D eigenvalue weighted by Crippen LogP contribution is -2.11. The minimum atomic E-state index is -0.354. The van der Waals surface area contributed by atoms with Gasteiger partial charge in [0.1, 0.15) is 0 Å². The number of anilines is 1. The third-order valence-corrected chi connectivity index (χ3v) is 2.75. The smallest absolute Gasteiger partial charge is 0.333 e. The van der Waals surface area contributed by atoms with E-state index in [1.165, 1.54) is 6.08 Å². The number of benzene rings is 2. The van der Waals surface area contributed by atoms with E-state index in [2.05, 4.69) is 5.32 Å². The number of rotatable bonds is 5. The molecule has 0 atom stereocenters. The maximum atomic E-state index is 11.9. The minimum absolute atomic E-state index is 0.137. The Kier molecular flexibility index (Phi) is 5.16. The third kappa shape index (κ3) is 4.80. The summed E-state index contributed by atoms with van der Waals surface area (Å²) in [5, 5.41) is 3.26. The first-order valence-corrected chi connectivity index (χ1v) is 6.95. The Labute approximate surface area is 125 Å². The summed E-state index contributed by atoms with van der Waals surface area (Å²) < 4.78 is 5.18. The summed E-state index contributed by atoms with van der Waals surface area (Å²) in [5.41, 5.74) is 2.57. The largest absolute Gasteiger partial charge is 0.460 e. The molecule has 21 heavy (non-hydrogen) atoms. The van der Waals surface area contributed by atoms with Gasteiger partial charge in [0.2, 0.25) is 0 Å². The Hall–Kier alpha value is -2.55. The molecule has 0 aromatic heterocycles. The zero-order chi connectivity index (χ0) is 15.1. The maximum absolute atomic E-state index is 11.9. The minimum Gasteiger partial charge on any atom is -0.460 e. The number of ether oxygens (including phenoxy) is 1. The molecule has 0 unspecified atom stereocenters. The van der Waals surface area contributed by atoms with Crippen LogP contribution in [0.4, 0.5) is 5.69 Å². The molecular weight excluding hydrogens is 262 g/mol. The number of carbonyl (C=O) groups is 1. The Balaban J connectivity index is 2.27. The van der Waals surface area contributed by atoms with Crippen LogP contribution in [0.1, 0.15) is 19.4 Å². The Morgan fingerprint density at radius 3 is 2.14 bits per heavy atom. The molecule has 0 spiro atoms. The molecule has 0 saturated heterocycles. The van der Waals surface area contributed by atoms with Crippen molar-refractivity contribution in [3.05, 3.63) is 72.3 Å². The molecule has 2 aromatic carbocycles. The van der Waals surface area contributed by atoms with Crippen molar-refractivity contribution >= 4 is 17.4 Å². The summed E-state index contributed by atoms with van der Waals surface area (Å²) in [6.07, 6.45) is 1.35. The van der Waals surface area contributed by atoms with E-state index < -0.39 is 0 Å². The fraction of sp³-hybridized carbons (Fsp3) is 0.167. The SMILES string of the molecule is CC(C)OC(=O)/C=C(\Nc1ccccc1)c1ccccc1. The lowest BCUT2D eigenvalue weighted by Gasteiger charge is -2.12. The monoisotopic (exact) mass is 281 g/mol. The molecule has 3 heteroatoms. The number of carbonyl (C=O) groups excluding carboxylic acids is 1. The quantitative estimate of drug-likeness (QED) is 0.662. The summed E-state index contributed by atoms with van der Waals surface area (Å²) in [6, 6.07) is 19.4. The fourth-order valence-corrected chi connectivity index (χ4v) is 1.87. The van der Waals surface area contributed by atoms with E-state index in [0.717, 1.165) is 11.3 Å². The van der Waals surface area contributed by atoms with Crippen LogP contribution in [-0.4, -0.2) is 12.1 Å². The Bertz CT molecular complexity index is 604. The van der Waals surface area contributed by atoms with Crippen LogP contribution >= 0.6 is 0 Å². The predicted molar refractivity (Wildman–Crippen MR) is 85.7 cm³/mol. The highest BCUT2D eigenvalue weighted by molar-refractivity contribution is 5.94. The topological polar surface area (TPSA) is 38.3 Å². The number of para-hydroxylation sites is 1. The average molecular weight is 281 g/mol. The van der Waals surface area contributed by atoms with Gasteiger partial charge < -0.3 is 10.1 Å². The number of hydrogen-bond acceptors (Lipinski definition) is 3. The molecule has 0 aliphatic rings. The molecule has 0 fully saturated rings. The van der Waals surface area contributed by atoms with Gasteiger partial charge in [0.15, 0.2) is 0 Å². The van der Waals surface area contributed by atoms with Gasteiger partial charge in [-0.2, -0.15) is 0 Å². The third-order valence-electron chi connectivity index (χ3n) is 2.75. The lowest BCUT2D eigenvalue weighted by molar-refractivity contribution is -0.141. The second-order valence-corrected chi connectivity index (χ2v) is 4.90. The predicted octanol–water partition coefficient (Wildman–Crippen LogP) is 4.09. The van der Waals surface area contributed by atoms with E-state index in [0.29, 0.717) is 5.70 Å². The molecule has 108 valence electrons. The van der Waals surface area contributed by atoms with Crippen molar-refractivity contribution in [1.82, 2.24) is 0 Å². The first-order chi connectivity index (χ1) is 10.1. The molecule has 2 rings (SSSR count). The van der Waals surface area contributed by atoms with Crippen molar-refractivity contribution in [2.75, 3.05) is 5.32 Å². The van der Waals surface area contributed by atoms with Crippen molar-refractivity contribution in [3.63, 3.8) is 0 Å². The van der Waals surface area contributed by atoms with Crippen LogP contribution in [0.5, 0.6) is 0 Å². The van der Waals surface area contributed by atoms with Gasteiger partial charge in [-0.15, -0.1) is 0 Å². The van der Waals surface area contributed by atoms with Crippen LogP contribution in [0.2, 0.25) is 0 Å². The normalized spacial score (nSPS) is 11.3. The number of nitrogens with one attached hydrogen (secondary N) is 1. The molecular formula is C18H19NO2. The van der Waals surface area contributed by atoms with E-state index in [1.807, 2.05) is 74.5 Å².